The van der Waals surface area contributed by atoms with Gasteiger partial charge < -0.3 is 15.3 Å². The van der Waals surface area contributed by atoms with Crippen molar-refractivity contribution in [2.75, 3.05) is 5.32 Å². The minimum atomic E-state index is 0.648. The maximum Gasteiger partial charge on any atom is 0.0991 e. The van der Waals surface area contributed by atoms with Gasteiger partial charge >= 0.3 is 0 Å². The van der Waals surface area contributed by atoms with E-state index < -0.39 is 0 Å². The molecule has 2 N–H and O–H groups in total. The summed E-state index contributed by atoms with van der Waals surface area (Å²) in [6.07, 6.45) is 1.40. The molecule has 0 spiro atoms. The highest BCUT2D eigenvalue weighted by atomic mass is 15.0. The van der Waals surface area contributed by atoms with Crippen LogP contribution in [0.1, 0.15) is 11.1 Å². The third-order valence-corrected chi connectivity index (χ3v) is 6.52. The number of fused-ring (bicyclic) bond motifs is 3. The van der Waals surface area contributed by atoms with Crippen molar-refractivity contribution in [3.8, 4) is 22.9 Å². The summed E-state index contributed by atoms with van der Waals surface area (Å²) < 4.78 is 2.26. The number of anilines is 2. The molecule has 0 unspecified atom stereocenters. The predicted molar refractivity (Wildman–Crippen MR) is 149 cm³/mol. The van der Waals surface area contributed by atoms with Crippen LogP contribution in [0.2, 0.25) is 0 Å². The van der Waals surface area contributed by atoms with Gasteiger partial charge in [0.25, 0.3) is 0 Å². The van der Waals surface area contributed by atoms with Crippen molar-refractivity contribution in [1.29, 1.82) is 10.7 Å². The highest BCUT2D eigenvalue weighted by Crippen LogP contribution is 2.39. The van der Waals surface area contributed by atoms with Crippen LogP contribution < -0.4 is 5.32 Å². The van der Waals surface area contributed by atoms with Crippen LogP contribution in [0.25, 0.3) is 38.6 Å². The Morgan fingerprint density at radius 1 is 0.722 bits per heavy atom. The Morgan fingerprint density at radius 3 is 2.28 bits per heavy atom. The number of hydrogen-bond donors (Lipinski definition) is 2. The number of aromatic nitrogens is 1. The summed E-state index contributed by atoms with van der Waals surface area (Å²) in [7, 11) is 0. The van der Waals surface area contributed by atoms with Crippen LogP contribution in [0.4, 0.5) is 11.4 Å². The standard InChI is InChI=1S/C32H22N4/c33-20-22-7-6-8-24(19-22)23-13-16-27(17-14-23)36-30-12-5-4-11-28(30)29-18-15-25(21-34)31(32(29)36)35-26-9-2-1-3-10-26/h1-19,21,34-35H. The van der Waals surface area contributed by atoms with Gasteiger partial charge in [-0.05, 0) is 53.6 Å². The van der Waals surface area contributed by atoms with E-state index in [0.29, 0.717) is 5.56 Å². The number of hydrogen-bond acceptors (Lipinski definition) is 3. The molecule has 0 aliphatic carbocycles. The topological polar surface area (TPSA) is 64.6 Å². The Hall–Kier alpha value is -5.14. The summed E-state index contributed by atoms with van der Waals surface area (Å²) in [5, 5.41) is 23.2. The molecular formula is C32H22N4. The second-order valence-electron chi connectivity index (χ2n) is 8.65. The maximum atomic E-state index is 9.28. The van der Waals surface area contributed by atoms with E-state index in [0.717, 1.165) is 55.6 Å². The van der Waals surface area contributed by atoms with E-state index in [-0.39, 0.29) is 0 Å². The van der Waals surface area contributed by atoms with Crippen molar-refractivity contribution in [2.45, 2.75) is 0 Å². The van der Waals surface area contributed by atoms with Crippen LogP contribution in [-0.2, 0) is 0 Å². The molecule has 0 aliphatic rings. The quantitative estimate of drug-likeness (QED) is 0.254. The summed E-state index contributed by atoms with van der Waals surface area (Å²) in [6.45, 7) is 0. The van der Waals surface area contributed by atoms with Gasteiger partial charge in [-0.3, -0.25) is 0 Å². The number of nitriles is 1. The summed E-state index contributed by atoms with van der Waals surface area (Å²) in [6, 6.07) is 40.9. The average molecular weight is 463 g/mol. The van der Waals surface area contributed by atoms with Gasteiger partial charge in [0, 0.05) is 33.9 Å². The first kappa shape index (κ1) is 21.4. The molecule has 0 saturated heterocycles. The minimum absolute atomic E-state index is 0.648. The number of nitrogens with one attached hydrogen (secondary N) is 2. The lowest BCUT2D eigenvalue weighted by Gasteiger charge is -2.15. The second kappa shape index (κ2) is 8.90. The zero-order chi connectivity index (χ0) is 24.5. The second-order valence-corrected chi connectivity index (χ2v) is 8.65. The van der Waals surface area contributed by atoms with E-state index in [9.17, 15) is 5.26 Å². The molecule has 170 valence electrons. The molecular weight excluding hydrogens is 440 g/mol. The molecule has 36 heavy (non-hydrogen) atoms. The number of rotatable bonds is 5. The number of benzene rings is 5. The summed E-state index contributed by atoms with van der Waals surface area (Å²) >= 11 is 0. The Labute approximate surface area is 209 Å². The molecule has 0 aliphatic heterocycles. The van der Waals surface area contributed by atoms with Gasteiger partial charge in [0.1, 0.15) is 0 Å². The Kier molecular flexibility index (Phi) is 5.29. The summed E-state index contributed by atoms with van der Waals surface area (Å²) in [5.74, 6) is 0. The summed E-state index contributed by atoms with van der Waals surface area (Å²) in [5.41, 5.74) is 8.56. The fourth-order valence-electron chi connectivity index (χ4n) is 4.83. The van der Waals surface area contributed by atoms with Crippen molar-refractivity contribution in [3.63, 3.8) is 0 Å². The van der Waals surface area contributed by atoms with Gasteiger partial charge in [0.15, 0.2) is 0 Å². The lowest BCUT2D eigenvalue weighted by molar-refractivity contribution is 1.18. The van der Waals surface area contributed by atoms with Gasteiger partial charge in [-0.2, -0.15) is 5.26 Å². The van der Waals surface area contributed by atoms with Crippen molar-refractivity contribution >= 4 is 39.4 Å². The third kappa shape index (κ3) is 3.60. The molecule has 0 amide bonds. The van der Waals surface area contributed by atoms with Crippen LogP contribution in [-0.4, -0.2) is 10.8 Å². The molecule has 0 bridgehead atoms. The molecule has 0 atom stereocenters. The van der Waals surface area contributed by atoms with Crippen molar-refractivity contribution in [3.05, 3.63) is 126 Å². The predicted octanol–water partition coefficient (Wildman–Crippen LogP) is 8.06. The largest absolute Gasteiger partial charge is 0.353 e. The van der Waals surface area contributed by atoms with Gasteiger partial charge in [0.2, 0.25) is 0 Å². The molecule has 0 radical (unpaired) electrons. The molecule has 4 nitrogen and oxygen atoms in total. The summed E-state index contributed by atoms with van der Waals surface area (Å²) in [4.78, 5) is 0. The van der Waals surface area contributed by atoms with E-state index in [2.05, 4.69) is 70.6 Å². The van der Waals surface area contributed by atoms with Crippen molar-refractivity contribution < 1.29 is 0 Å². The molecule has 6 aromatic rings. The van der Waals surface area contributed by atoms with Crippen molar-refractivity contribution in [1.82, 2.24) is 4.57 Å². The van der Waals surface area contributed by atoms with Crippen LogP contribution in [0.15, 0.2) is 115 Å². The molecule has 4 heteroatoms. The fraction of sp³-hybridized carbons (Fsp3) is 0. The lowest BCUT2D eigenvalue weighted by atomic mass is 10.0. The van der Waals surface area contributed by atoms with E-state index in [1.807, 2.05) is 60.7 Å². The third-order valence-electron chi connectivity index (χ3n) is 6.52. The lowest BCUT2D eigenvalue weighted by Crippen LogP contribution is -2.01. The smallest absolute Gasteiger partial charge is 0.0991 e. The number of nitrogens with zero attached hydrogens (tertiary/aromatic N) is 2. The maximum absolute atomic E-state index is 9.28. The minimum Gasteiger partial charge on any atom is -0.353 e. The first-order valence-electron chi connectivity index (χ1n) is 11.8. The number of para-hydroxylation sites is 2. The molecule has 0 fully saturated rings. The van der Waals surface area contributed by atoms with Gasteiger partial charge in [-0.25, -0.2) is 0 Å². The molecule has 0 saturated carbocycles. The van der Waals surface area contributed by atoms with E-state index >= 15 is 0 Å². The molecule has 1 aromatic heterocycles. The Morgan fingerprint density at radius 2 is 1.50 bits per heavy atom. The normalized spacial score (nSPS) is 10.9. The first-order chi connectivity index (χ1) is 17.8. The monoisotopic (exact) mass is 462 g/mol. The van der Waals surface area contributed by atoms with Crippen LogP contribution >= 0.6 is 0 Å². The highest BCUT2D eigenvalue weighted by Gasteiger charge is 2.18. The fourth-order valence-corrected chi connectivity index (χ4v) is 4.83. The van der Waals surface area contributed by atoms with Crippen molar-refractivity contribution in [2.24, 2.45) is 0 Å². The van der Waals surface area contributed by atoms with Crippen LogP contribution in [0.3, 0.4) is 0 Å². The molecule has 5 aromatic carbocycles. The van der Waals surface area contributed by atoms with E-state index in [4.69, 9.17) is 5.41 Å². The SMILES string of the molecule is N#Cc1cccc(-c2ccc(-n3c4ccccc4c4ccc(C=N)c(Nc5ccccc5)c43)cc2)c1. The average Bonchev–Trinajstić information content (AvgIpc) is 3.29. The Balaban J connectivity index is 1.59. The van der Waals surface area contributed by atoms with Crippen LogP contribution in [0, 0.1) is 16.7 Å². The van der Waals surface area contributed by atoms with E-state index in [1.54, 1.807) is 0 Å². The van der Waals surface area contributed by atoms with Crippen LogP contribution in [0.5, 0.6) is 0 Å². The van der Waals surface area contributed by atoms with Gasteiger partial charge in [-0.15, -0.1) is 0 Å². The first-order valence-corrected chi connectivity index (χ1v) is 11.8. The van der Waals surface area contributed by atoms with Gasteiger partial charge in [0.05, 0.1) is 28.4 Å². The zero-order valence-electron chi connectivity index (χ0n) is 19.4. The van der Waals surface area contributed by atoms with E-state index in [1.165, 1.54) is 6.21 Å². The van der Waals surface area contributed by atoms with Gasteiger partial charge in [-0.1, -0.05) is 72.8 Å². The Bertz CT molecular complexity index is 1770. The zero-order valence-corrected chi connectivity index (χ0v) is 19.4. The molecule has 6 rings (SSSR count). The molecule has 1 heterocycles. The highest BCUT2D eigenvalue weighted by molar-refractivity contribution is 6.16.